The van der Waals surface area contributed by atoms with Crippen molar-refractivity contribution in [1.82, 2.24) is 19.8 Å². The van der Waals surface area contributed by atoms with Crippen LogP contribution in [0.15, 0.2) is 48.0 Å². The van der Waals surface area contributed by atoms with Gasteiger partial charge in [0.1, 0.15) is 0 Å². The van der Waals surface area contributed by atoms with E-state index < -0.39 is 11.7 Å². The molecular formula is C18H23F3N6. The molecule has 1 saturated heterocycles. The van der Waals surface area contributed by atoms with Crippen LogP contribution in [0, 0.1) is 0 Å². The monoisotopic (exact) mass is 380 g/mol. The van der Waals surface area contributed by atoms with E-state index in [4.69, 9.17) is 0 Å². The fourth-order valence-corrected chi connectivity index (χ4v) is 3.10. The molecule has 2 heterocycles. The van der Waals surface area contributed by atoms with Crippen molar-refractivity contribution < 1.29 is 13.2 Å². The van der Waals surface area contributed by atoms with Crippen molar-refractivity contribution in [2.24, 2.45) is 4.99 Å². The van der Waals surface area contributed by atoms with Crippen LogP contribution in [0.5, 0.6) is 0 Å². The van der Waals surface area contributed by atoms with Gasteiger partial charge in [-0.3, -0.25) is 4.99 Å². The van der Waals surface area contributed by atoms with Gasteiger partial charge in [0.2, 0.25) is 0 Å². The number of alkyl halides is 3. The van der Waals surface area contributed by atoms with Crippen LogP contribution in [0.4, 0.5) is 18.9 Å². The summed E-state index contributed by atoms with van der Waals surface area (Å²) in [5.74, 6) is 0.804. The molecule has 0 spiro atoms. The minimum absolute atomic E-state index is 0.604. The van der Waals surface area contributed by atoms with Gasteiger partial charge in [0.25, 0.3) is 0 Å². The highest BCUT2D eigenvalue weighted by Crippen LogP contribution is 2.31. The highest BCUT2D eigenvalue weighted by Gasteiger charge is 2.31. The maximum atomic E-state index is 12.9. The summed E-state index contributed by atoms with van der Waals surface area (Å²) in [6.45, 7) is 4.18. The van der Waals surface area contributed by atoms with Crippen molar-refractivity contribution in [3.05, 3.63) is 48.5 Å². The van der Waals surface area contributed by atoms with Crippen molar-refractivity contribution in [2.45, 2.75) is 12.7 Å². The van der Waals surface area contributed by atoms with Crippen LogP contribution in [-0.4, -0.2) is 60.2 Å². The van der Waals surface area contributed by atoms with Gasteiger partial charge in [-0.15, -0.1) is 0 Å². The zero-order valence-corrected chi connectivity index (χ0v) is 15.2. The number of hydrogen-bond acceptors (Lipinski definition) is 3. The fourth-order valence-electron chi connectivity index (χ4n) is 3.10. The first kappa shape index (κ1) is 19.1. The van der Waals surface area contributed by atoms with Crippen molar-refractivity contribution in [3.8, 4) is 0 Å². The Morgan fingerprint density at radius 1 is 1.22 bits per heavy atom. The minimum atomic E-state index is -4.32. The molecule has 146 valence electrons. The SMILES string of the molecule is CN=C(NCCn1ccnc1)N1CCN(c2cccc(C(F)(F)F)c2)CC1. The quantitative estimate of drug-likeness (QED) is 0.653. The average Bonchev–Trinajstić information content (AvgIpc) is 3.18. The van der Waals surface area contributed by atoms with E-state index in [-0.39, 0.29) is 0 Å². The van der Waals surface area contributed by atoms with Crippen LogP contribution in [0.3, 0.4) is 0 Å². The molecule has 0 unspecified atom stereocenters. The first-order chi connectivity index (χ1) is 13.0. The summed E-state index contributed by atoms with van der Waals surface area (Å²) in [7, 11) is 1.73. The topological polar surface area (TPSA) is 48.7 Å². The number of piperazine rings is 1. The predicted molar refractivity (Wildman–Crippen MR) is 98.8 cm³/mol. The number of guanidine groups is 1. The summed E-state index contributed by atoms with van der Waals surface area (Å²) in [6.07, 6.45) is 1.08. The van der Waals surface area contributed by atoms with Crippen molar-refractivity contribution in [3.63, 3.8) is 0 Å². The Labute approximate surface area is 156 Å². The molecular weight excluding hydrogens is 357 g/mol. The van der Waals surface area contributed by atoms with E-state index in [9.17, 15) is 13.2 Å². The molecule has 1 aliphatic rings. The largest absolute Gasteiger partial charge is 0.416 e. The summed E-state index contributed by atoms with van der Waals surface area (Å²) < 4.78 is 40.7. The van der Waals surface area contributed by atoms with Gasteiger partial charge >= 0.3 is 6.18 Å². The minimum Gasteiger partial charge on any atom is -0.368 e. The van der Waals surface area contributed by atoms with Gasteiger partial charge in [0.05, 0.1) is 11.9 Å². The molecule has 0 atom stereocenters. The van der Waals surface area contributed by atoms with Crippen LogP contribution in [-0.2, 0) is 12.7 Å². The smallest absolute Gasteiger partial charge is 0.368 e. The van der Waals surface area contributed by atoms with Crippen LogP contribution < -0.4 is 10.2 Å². The summed E-state index contributed by atoms with van der Waals surface area (Å²) in [6, 6.07) is 5.50. The molecule has 1 N–H and O–H groups in total. The molecule has 1 aromatic heterocycles. The lowest BCUT2D eigenvalue weighted by atomic mass is 10.1. The second-order valence-corrected chi connectivity index (χ2v) is 6.30. The fraction of sp³-hybridized carbons (Fsp3) is 0.444. The van der Waals surface area contributed by atoms with E-state index >= 15 is 0 Å². The van der Waals surface area contributed by atoms with Crippen molar-refractivity contribution in [1.29, 1.82) is 0 Å². The van der Waals surface area contributed by atoms with Gasteiger partial charge in [0.15, 0.2) is 5.96 Å². The number of imidazole rings is 1. The molecule has 27 heavy (non-hydrogen) atoms. The van der Waals surface area contributed by atoms with Gasteiger partial charge in [-0.2, -0.15) is 13.2 Å². The van der Waals surface area contributed by atoms with Crippen molar-refractivity contribution in [2.75, 3.05) is 44.7 Å². The molecule has 0 aliphatic carbocycles. The van der Waals surface area contributed by atoms with Gasteiger partial charge in [-0.05, 0) is 18.2 Å². The maximum absolute atomic E-state index is 12.9. The van der Waals surface area contributed by atoms with E-state index in [1.165, 1.54) is 12.1 Å². The normalized spacial score (nSPS) is 15.9. The van der Waals surface area contributed by atoms with Gasteiger partial charge in [0, 0.05) is 64.4 Å². The number of nitrogens with zero attached hydrogens (tertiary/aromatic N) is 5. The van der Waals surface area contributed by atoms with Gasteiger partial charge in [-0.25, -0.2) is 4.98 Å². The molecule has 2 aromatic rings. The first-order valence-corrected chi connectivity index (χ1v) is 8.81. The molecule has 0 radical (unpaired) electrons. The lowest BCUT2D eigenvalue weighted by molar-refractivity contribution is -0.137. The zero-order chi connectivity index (χ0) is 19.3. The third-order valence-electron chi connectivity index (χ3n) is 4.54. The van der Waals surface area contributed by atoms with Crippen LogP contribution in [0.1, 0.15) is 5.56 Å². The third-order valence-corrected chi connectivity index (χ3v) is 4.54. The number of aromatic nitrogens is 2. The number of halogens is 3. The van der Waals surface area contributed by atoms with Crippen LogP contribution in [0.25, 0.3) is 0 Å². The van der Waals surface area contributed by atoms with Gasteiger partial charge < -0.3 is 19.7 Å². The Morgan fingerprint density at radius 2 is 2.00 bits per heavy atom. The number of rotatable bonds is 4. The number of nitrogens with one attached hydrogen (secondary N) is 1. The Bertz CT molecular complexity index is 749. The Balaban J connectivity index is 1.53. The molecule has 1 aliphatic heterocycles. The molecule has 3 rings (SSSR count). The van der Waals surface area contributed by atoms with E-state index in [1.54, 1.807) is 25.6 Å². The number of anilines is 1. The van der Waals surface area contributed by atoms with Crippen LogP contribution in [0.2, 0.25) is 0 Å². The van der Waals surface area contributed by atoms with Crippen LogP contribution >= 0.6 is 0 Å². The Kier molecular flexibility index (Phi) is 5.88. The highest BCUT2D eigenvalue weighted by molar-refractivity contribution is 5.80. The Hall–Kier alpha value is -2.71. The third kappa shape index (κ3) is 4.93. The second kappa shape index (κ2) is 8.32. The van der Waals surface area contributed by atoms with E-state index in [1.807, 2.05) is 15.7 Å². The second-order valence-electron chi connectivity index (χ2n) is 6.30. The average molecular weight is 380 g/mol. The molecule has 0 amide bonds. The first-order valence-electron chi connectivity index (χ1n) is 8.81. The predicted octanol–water partition coefficient (Wildman–Crippen LogP) is 2.30. The van der Waals surface area contributed by atoms with E-state index in [2.05, 4.69) is 20.2 Å². The van der Waals surface area contributed by atoms with E-state index in [0.29, 0.717) is 31.9 Å². The lowest BCUT2D eigenvalue weighted by Gasteiger charge is -2.37. The highest BCUT2D eigenvalue weighted by atomic mass is 19.4. The standard InChI is InChI=1S/C18H23F3N6/c1-22-17(24-6-8-25-7-5-23-14-25)27-11-9-26(10-12-27)16-4-2-3-15(13-16)18(19,20)21/h2-5,7,13-14H,6,8-12H2,1H3,(H,22,24). The summed E-state index contributed by atoms with van der Waals surface area (Å²) in [5.41, 5.74) is -0.00747. The lowest BCUT2D eigenvalue weighted by Crippen LogP contribution is -2.53. The van der Waals surface area contributed by atoms with Crippen molar-refractivity contribution >= 4 is 11.6 Å². The summed E-state index contributed by atoms with van der Waals surface area (Å²) in [4.78, 5) is 12.4. The van der Waals surface area contributed by atoms with Gasteiger partial charge in [-0.1, -0.05) is 6.07 Å². The number of benzene rings is 1. The molecule has 0 saturated carbocycles. The maximum Gasteiger partial charge on any atom is 0.416 e. The molecule has 1 aromatic carbocycles. The van der Waals surface area contributed by atoms with E-state index in [0.717, 1.165) is 25.1 Å². The number of hydrogen-bond donors (Lipinski definition) is 1. The molecule has 0 bridgehead atoms. The summed E-state index contributed by atoms with van der Waals surface area (Å²) >= 11 is 0. The molecule has 1 fully saturated rings. The number of aliphatic imine (C=N–C) groups is 1. The zero-order valence-electron chi connectivity index (χ0n) is 15.2. The molecule has 9 heteroatoms. The Morgan fingerprint density at radius 3 is 2.63 bits per heavy atom. The molecule has 6 nitrogen and oxygen atoms in total. The summed E-state index contributed by atoms with van der Waals surface area (Å²) in [5, 5.41) is 3.32.